The number of carbonyl (C=O) groups excluding carboxylic acids is 1. The molecule has 1 aliphatic rings. The Kier molecular flexibility index (Phi) is 7.72. The molecule has 7 nitrogen and oxygen atoms in total. The summed E-state index contributed by atoms with van der Waals surface area (Å²) < 4.78 is 22.2. The monoisotopic (exact) mass is 553 g/mol. The van der Waals surface area contributed by atoms with Crippen LogP contribution in [0.25, 0.3) is 17.1 Å². The van der Waals surface area contributed by atoms with E-state index >= 15 is 0 Å². The van der Waals surface area contributed by atoms with E-state index in [4.69, 9.17) is 4.42 Å². The fraction of sp³-hybridized carbons (Fsp3) is 0.226. The summed E-state index contributed by atoms with van der Waals surface area (Å²) in [6.07, 6.45) is 4.40. The van der Waals surface area contributed by atoms with Crippen LogP contribution in [0, 0.1) is 11.7 Å². The minimum Gasteiger partial charge on any atom is -0.447 e. The van der Waals surface area contributed by atoms with Crippen LogP contribution in [0.2, 0.25) is 0 Å². The van der Waals surface area contributed by atoms with Crippen LogP contribution in [0.15, 0.2) is 101 Å². The number of para-hydroxylation sites is 1. The molecule has 0 spiro atoms. The van der Waals surface area contributed by atoms with Crippen molar-refractivity contribution in [1.29, 1.82) is 0 Å². The number of thioether (sulfide) groups is 1. The van der Waals surface area contributed by atoms with E-state index in [9.17, 15) is 9.18 Å². The molecular formula is C31H28FN5O2S. The summed E-state index contributed by atoms with van der Waals surface area (Å²) in [4.78, 5) is 19.4. The Labute approximate surface area is 236 Å². The number of hydrogen-bond donors (Lipinski definition) is 0. The van der Waals surface area contributed by atoms with Gasteiger partial charge in [-0.25, -0.2) is 9.37 Å². The second kappa shape index (κ2) is 11.9. The molecule has 1 saturated heterocycles. The van der Waals surface area contributed by atoms with E-state index < -0.39 is 0 Å². The maximum absolute atomic E-state index is 14.8. The van der Waals surface area contributed by atoms with E-state index in [1.807, 2.05) is 41.3 Å². The van der Waals surface area contributed by atoms with Crippen molar-refractivity contribution in [3.8, 4) is 17.1 Å². The molecule has 9 heteroatoms. The van der Waals surface area contributed by atoms with Crippen molar-refractivity contribution < 1.29 is 13.6 Å². The molecule has 0 bridgehead atoms. The van der Waals surface area contributed by atoms with Gasteiger partial charge in [0.1, 0.15) is 12.1 Å². The largest absolute Gasteiger partial charge is 0.447 e. The minimum atomic E-state index is -0.377. The van der Waals surface area contributed by atoms with Gasteiger partial charge in [-0.2, -0.15) is 0 Å². The van der Waals surface area contributed by atoms with Gasteiger partial charge in [-0.3, -0.25) is 9.36 Å². The molecule has 1 amide bonds. The summed E-state index contributed by atoms with van der Waals surface area (Å²) in [6, 6.07) is 26.6. The van der Waals surface area contributed by atoms with Crippen LogP contribution in [0.1, 0.15) is 34.8 Å². The summed E-state index contributed by atoms with van der Waals surface area (Å²) >= 11 is 1.32. The fourth-order valence-electron chi connectivity index (χ4n) is 5.04. The zero-order valence-corrected chi connectivity index (χ0v) is 22.6. The lowest BCUT2D eigenvalue weighted by Gasteiger charge is -2.31. The normalized spacial score (nSPS) is 14.0. The molecule has 0 radical (unpaired) electrons. The van der Waals surface area contributed by atoms with Gasteiger partial charge in [-0.1, -0.05) is 84.6 Å². The number of piperidine rings is 1. The van der Waals surface area contributed by atoms with E-state index in [0.29, 0.717) is 53.0 Å². The van der Waals surface area contributed by atoms with Gasteiger partial charge < -0.3 is 9.32 Å². The summed E-state index contributed by atoms with van der Waals surface area (Å²) in [7, 11) is 0. The number of aromatic nitrogens is 4. The van der Waals surface area contributed by atoms with E-state index in [1.165, 1.54) is 29.7 Å². The predicted molar refractivity (Wildman–Crippen MR) is 152 cm³/mol. The summed E-state index contributed by atoms with van der Waals surface area (Å²) in [5.74, 6) is 1.33. The number of benzene rings is 3. The van der Waals surface area contributed by atoms with Gasteiger partial charge in [0, 0.05) is 18.7 Å². The maximum Gasteiger partial charge on any atom is 0.275 e. The Morgan fingerprint density at radius 3 is 2.38 bits per heavy atom. The molecule has 0 N–H and O–H groups in total. The van der Waals surface area contributed by atoms with Crippen molar-refractivity contribution >= 4 is 17.7 Å². The number of amides is 1. The highest BCUT2D eigenvalue weighted by Crippen LogP contribution is 2.31. The third-order valence-electron chi connectivity index (χ3n) is 7.12. The van der Waals surface area contributed by atoms with Crippen molar-refractivity contribution in [3.63, 3.8) is 0 Å². The van der Waals surface area contributed by atoms with Crippen molar-refractivity contribution in [2.45, 2.75) is 30.2 Å². The molecule has 6 rings (SSSR count). The van der Waals surface area contributed by atoms with Crippen LogP contribution in [-0.2, 0) is 12.2 Å². The van der Waals surface area contributed by atoms with Crippen molar-refractivity contribution in [2.24, 2.45) is 5.92 Å². The summed E-state index contributed by atoms with van der Waals surface area (Å²) in [6.45, 7) is 1.42. The molecule has 1 aliphatic heterocycles. The van der Waals surface area contributed by atoms with E-state index in [-0.39, 0.29) is 11.7 Å². The Hall–Kier alpha value is -4.24. The molecule has 40 heavy (non-hydrogen) atoms. The average Bonchev–Trinajstić information content (AvgIpc) is 3.65. The molecule has 3 heterocycles. The molecular weight excluding hydrogens is 525 g/mol. The smallest absolute Gasteiger partial charge is 0.275 e. The van der Waals surface area contributed by atoms with Crippen LogP contribution in [0.3, 0.4) is 0 Å². The number of oxazole rings is 1. The third kappa shape index (κ3) is 5.70. The first-order valence-corrected chi connectivity index (χ1v) is 14.3. The molecule has 0 unspecified atom stereocenters. The molecule has 0 saturated carbocycles. The number of hydrogen-bond acceptors (Lipinski definition) is 6. The van der Waals surface area contributed by atoms with Crippen molar-refractivity contribution in [2.75, 3.05) is 13.1 Å². The second-order valence-electron chi connectivity index (χ2n) is 9.80. The standard InChI is InChI=1S/C31H28FN5O2S/c32-25-13-7-8-14-27(25)37-29(24-11-5-2-6-12-24)34-35-31(37)40-21-28-33-26(20-39-28)30(38)36-17-15-23(16-18-36)19-22-9-3-1-4-10-22/h1-14,20,23H,15-19,21H2. The topological polar surface area (TPSA) is 77.0 Å². The number of halogens is 1. The predicted octanol–water partition coefficient (Wildman–Crippen LogP) is 6.45. The van der Waals surface area contributed by atoms with Gasteiger partial charge in [0.2, 0.25) is 5.89 Å². The van der Waals surface area contributed by atoms with Crippen LogP contribution in [0.4, 0.5) is 4.39 Å². The summed E-state index contributed by atoms with van der Waals surface area (Å²) in [5.41, 5.74) is 2.82. The van der Waals surface area contributed by atoms with Gasteiger partial charge in [0.25, 0.3) is 5.91 Å². The average molecular weight is 554 g/mol. The Morgan fingerprint density at radius 1 is 0.925 bits per heavy atom. The lowest BCUT2D eigenvalue weighted by Crippen LogP contribution is -2.39. The van der Waals surface area contributed by atoms with Crippen LogP contribution in [-0.4, -0.2) is 43.6 Å². The summed E-state index contributed by atoms with van der Waals surface area (Å²) in [5, 5.41) is 9.19. The van der Waals surface area contributed by atoms with Crippen molar-refractivity contribution in [3.05, 3.63) is 114 Å². The third-order valence-corrected chi connectivity index (χ3v) is 8.04. The molecule has 2 aromatic heterocycles. The van der Waals surface area contributed by atoms with Crippen LogP contribution < -0.4 is 0 Å². The number of nitrogens with zero attached hydrogens (tertiary/aromatic N) is 5. The molecule has 0 atom stereocenters. The molecule has 0 aliphatic carbocycles. The Morgan fingerprint density at radius 2 is 1.62 bits per heavy atom. The fourth-order valence-corrected chi connectivity index (χ4v) is 5.84. The van der Waals surface area contributed by atoms with E-state index in [0.717, 1.165) is 24.8 Å². The highest BCUT2D eigenvalue weighted by Gasteiger charge is 2.26. The van der Waals surface area contributed by atoms with Gasteiger partial charge in [-0.15, -0.1) is 10.2 Å². The number of likely N-dealkylation sites (tertiary alicyclic amines) is 1. The SMILES string of the molecule is O=C(c1coc(CSc2nnc(-c3ccccc3)n2-c2ccccc2F)n1)N1CCC(Cc2ccccc2)CC1. The van der Waals surface area contributed by atoms with Crippen molar-refractivity contribution in [1.82, 2.24) is 24.6 Å². The zero-order valence-electron chi connectivity index (χ0n) is 21.8. The maximum atomic E-state index is 14.8. The van der Waals surface area contributed by atoms with E-state index in [2.05, 4.69) is 39.4 Å². The zero-order chi connectivity index (χ0) is 27.3. The number of carbonyl (C=O) groups is 1. The van der Waals surface area contributed by atoms with Gasteiger partial charge >= 0.3 is 0 Å². The molecule has 5 aromatic rings. The first-order chi connectivity index (χ1) is 19.7. The molecule has 3 aromatic carbocycles. The van der Waals surface area contributed by atoms with Gasteiger partial charge in [-0.05, 0) is 42.9 Å². The van der Waals surface area contributed by atoms with Gasteiger partial charge in [0.15, 0.2) is 16.7 Å². The van der Waals surface area contributed by atoms with E-state index in [1.54, 1.807) is 22.8 Å². The highest BCUT2D eigenvalue weighted by molar-refractivity contribution is 7.98. The Bertz CT molecular complexity index is 1580. The highest BCUT2D eigenvalue weighted by atomic mass is 32.2. The van der Waals surface area contributed by atoms with Crippen LogP contribution >= 0.6 is 11.8 Å². The molecule has 202 valence electrons. The minimum absolute atomic E-state index is 0.112. The first-order valence-electron chi connectivity index (χ1n) is 13.3. The van der Waals surface area contributed by atoms with Crippen LogP contribution in [0.5, 0.6) is 0 Å². The Balaban J connectivity index is 1.12. The first kappa shape index (κ1) is 26.0. The van der Waals surface area contributed by atoms with Gasteiger partial charge in [0.05, 0.1) is 11.4 Å². The molecule has 1 fully saturated rings. The quantitative estimate of drug-likeness (QED) is 0.206. The second-order valence-corrected chi connectivity index (χ2v) is 10.7. The lowest BCUT2D eigenvalue weighted by atomic mass is 9.90. The lowest BCUT2D eigenvalue weighted by molar-refractivity contribution is 0.0684. The number of rotatable bonds is 8.